The molecule has 26 heavy (non-hydrogen) atoms. The fourth-order valence-electron chi connectivity index (χ4n) is 3.82. The Balaban J connectivity index is 0.00000196. The Bertz CT molecular complexity index is 739. The SMILES string of the molecule is I.NC(=NCC1CCCN(c2nccn3cnnc23)C1)N1CCCCC1. The van der Waals surface area contributed by atoms with E-state index in [4.69, 9.17) is 10.7 Å². The van der Waals surface area contributed by atoms with Gasteiger partial charge < -0.3 is 15.5 Å². The molecule has 0 amide bonds. The van der Waals surface area contributed by atoms with Crippen molar-refractivity contribution in [2.75, 3.05) is 37.6 Å². The first-order chi connectivity index (χ1) is 12.3. The van der Waals surface area contributed by atoms with Crippen LogP contribution in [0.5, 0.6) is 0 Å². The van der Waals surface area contributed by atoms with E-state index in [1.807, 2.05) is 16.8 Å². The summed E-state index contributed by atoms with van der Waals surface area (Å²) in [5.74, 6) is 2.13. The van der Waals surface area contributed by atoms with Gasteiger partial charge in [-0.3, -0.25) is 9.39 Å². The van der Waals surface area contributed by atoms with Crippen LogP contribution >= 0.6 is 24.0 Å². The second kappa shape index (κ2) is 8.83. The molecule has 4 rings (SSSR count). The third-order valence-corrected chi connectivity index (χ3v) is 5.21. The minimum absolute atomic E-state index is 0. The fraction of sp³-hybridized carbons (Fsp3) is 0.647. The van der Waals surface area contributed by atoms with Crippen molar-refractivity contribution in [3.05, 3.63) is 18.7 Å². The van der Waals surface area contributed by atoms with Crippen LogP contribution in [0.3, 0.4) is 0 Å². The maximum atomic E-state index is 6.20. The lowest BCUT2D eigenvalue weighted by molar-refractivity contribution is 0.336. The molecule has 0 spiro atoms. The Morgan fingerprint density at radius 3 is 2.88 bits per heavy atom. The molecule has 2 aromatic heterocycles. The molecule has 9 heteroatoms. The summed E-state index contributed by atoms with van der Waals surface area (Å²) in [6.45, 7) is 4.82. The first-order valence-corrected chi connectivity index (χ1v) is 9.25. The maximum absolute atomic E-state index is 6.20. The molecule has 0 aromatic carbocycles. The molecule has 0 radical (unpaired) electrons. The predicted molar refractivity (Wildman–Crippen MR) is 113 cm³/mol. The molecule has 142 valence electrons. The number of aromatic nitrogens is 4. The highest BCUT2D eigenvalue weighted by molar-refractivity contribution is 14.0. The average molecular weight is 470 g/mol. The van der Waals surface area contributed by atoms with Gasteiger partial charge in [0.2, 0.25) is 5.65 Å². The topological polar surface area (TPSA) is 87.9 Å². The van der Waals surface area contributed by atoms with Gasteiger partial charge in [-0.15, -0.1) is 34.2 Å². The van der Waals surface area contributed by atoms with Crippen molar-refractivity contribution < 1.29 is 0 Å². The summed E-state index contributed by atoms with van der Waals surface area (Å²) in [4.78, 5) is 13.8. The molecule has 2 aromatic rings. The Morgan fingerprint density at radius 2 is 2.04 bits per heavy atom. The highest BCUT2D eigenvalue weighted by Crippen LogP contribution is 2.24. The van der Waals surface area contributed by atoms with E-state index in [0.717, 1.165) is 56.6 Å². The summed E-state index contributed by atoms with van der Waals surface area (Å²) in [5.41, 5.74) is 7.02. The lowest BCUT2D eigenvalue weighted by atomic mass is 9.98. The maximum Gasteiger partial charge on any atom is 0.203 e. The number of anilines is 1. The number of aliphatic imine (C=N–C) groups is 1. The van der Waals surface area contributed by atoms with Gasteiger partial charge in [0, 0.05) is 45.1 Å². The highest BCUT2D eigenvalue weighted by atomic mass is 127. The summed E-state index contributed by atoms with van der Waals surface area (Å²) in [6.07, 6.45) is 11.5. The van der Waals surface area contributed by atoms with Crippen LogP contribution in [-0.2, 0) is 0 Å². The van der Waals surface area contributed by atoms with Gasteiger partial charge >= 0.3 is 0 Å². The van der Waals surface area contributed by atoms with Gasteiger partial charge in [0.25, 0.3) is 0 Å². The van der Waals surface area contributed by atoms with Crippen LogP contribution in [0.2, 0.25) is 0 Å². The molecular formula is C17H27IN8. The number of guanidine groups is 1. The van der Waals surface area contributed by atoms with Crippen LogP contribution in [0.1, 0.15) is 32.1 Å². The molecule has 8 nitrogen and oxygen atoms in total. The molecule has 2 N–H and O–H groups in total. The summed E-state index contributed by atoms with van der Waals surface area (Å²) in [6, 6.07) is 0. The molecule has 0 aliphatic carbocycles. The molecule has 4 heterocycles. The molecule has 2 aliphatic heterocycles. The van der Waals surface area contributed by atoms with E-state index >= 15 is 0 Å². The third-order valence-electron chi connectivity index (χ3n) is 5.21. The Hall–Kier alpha value is -1.65. The fourth-order valence-corrected chi connectivity index (χ4v) is 3.82. The van der Waals surface area contributed by atoms with E-state index in [2.05, 4.69) is 25.0 Å². The number of hydrogen-bond donors (Lipinski definition) is 1. The molecule has 1 unspecified atom stereocenters. The summed E-state index contributed by atoms with van der Waals surface area (Å²) >= 11 is 0. The number of fused-ring (bicyclic) bond motifs is 1. The normalized spacial score (nSPS) is 21.7. The van der Waals surface area contributed by atoms with E-state index in [1.54, 1.807) is 6.33 Å². The van der Waals surface area contributed by atoms with Crippen molar-refractivity contribution in [2.45, 2.75) is 32.1 Å². The molecule has 0 bridgehead atoms. The number of hydrogen-bond acceptors (Lipinski definition) is 5. The zero-order valence-corrected chi connectivity index (χ0v) is 17.3. The van der Waals surface area contributed by atoms with Crippen LogP contribution < -0.4 is 10.6 Å². The smallest absolute Gasteiger partial charge is 0.203 e. The second-order valence-corrected chi connectivity index (χ2v) is 7.01. The van der Waals surface area contributed by atoms with Crippen molar-refractivity contribution in [1.29, 1.82) is 0 Å². The second-order valence-electron chi connectivity index (χ2n) is 7.01. The molecule has 0 saturated carbocycles. The van der Waals surface area contributed by atoms with Gasteiger partial charge in [-0.05, 0) is 38.0 Å². The first-order valence-electron chi connectivity index (χ1n) is 9.25. The van der Waals surface area contributed by atoms with Crippen LogP contribution in [0.25, 0.3) is 5.65 Å². The molecule has 2 aliphatic rings. The van der Waals surface area contributed by atoms with Crippen LogP contribution in [0.4, 0.5) is 5.82 Å². The van der Waals surface area contributed by atoms with E-state index in [1.165, 1.54) is 25.7 Å². The number of nitrogens with two attached hydrogens (primary N) is 1. The van der Waals surface area contributed by atoms with Crippen molar-refractivity contribution in [3.63, 3.8) is 0 Å². The summed E-state index contributed by atoms with van der Waals surface area (Å²) in [7, 11) is 0. The summed E-state index contributed by atoms with van der Waals surface area (Å²) in [5, 5.41) is 8.20. The quantitative estimate of drug-likeness (QED) is 0.418. The van der Waals surface area contributed by atoms with Crippen molar-refractivity contribution >= 4 is 41.4 Å². The monoisotopic (exact) mass is 470 g/mol. The van der Waals surface area contributed by atoms with Crippen molar-refractivity contribution in [2.24, 2.45) is 16.6 Å². The van der Waals surface area contributed by atoms with Gasteiger partial charge in [0.15, 0.2) is 11.8 Å². The number of nitrogens with zero attached hydrogens (tertiary/aromatic N) is 7. The lowest BCUT2D eigenvalue weighted by Crippen LogP contribution is -2.42. The van der Waals surface area contributed by atoms with Crippen molar-refractivity contribution in [1.82, 2.24) is 24.5 Å². The van der Waals surface area contributed by atoms with E-state index in [0.29, 0.717) is 5.92 Å². The molecule has 2 saturated heterocycles. The third kappa shape index (κ3) is 4.18. The predicted octanol–water partition coefficient (Wildman–Crippen LogP) is 1.76. The lowest BCUT2D eigenvalue weighted by Gasteiger charge is -2.33. The Morgan fingerprint density at radius 1 is 1.19 bits per heavy atom. The van der Waals surface area contributed by atoms with Gasteiger partial charge in [0.1, 0.15) is 6.33 Å². The largest absolute Gasteiger partial charge is 0.370 e. The van der Waals surface area contributed by atoms with E-state index < -0.39 is 0 Å². The van der Waals surface area contributed by atoms with Gasteiger partial charge in [-0.1, -0.05) is 0 Å². The van der Waals surface area contributed by atoms with Gasteiger partial charge in [0.05, 0.1) is 0 Å². The minimum Gasteiger partial charge on any atom is -0.370 e. The molecule has 1 atom stereocenters. The van der Waals surface area contributed by atoms with Crippen LogP contribution in [-0.4, -0.2) is 63.2 Å². The molecule has 2 fully saturated rings. The van der Waals surface area contributed by atoms with Crippen LogP contribution in [0, 0.1) is 5.92 Å². The number of piperidine rings is 2. The first kappa shape index (κ1) is 19.1. The van der Waals surface area contributed by atoms with Gasteiger partial charge in [-0.25, -0.2) is 4.98 Å². The van der Waals surface area contributed by atoms with Crippen molar-refractivity contribution in [3.8, 4) is 0 Å². The van der Waals surface area contributed by atoms with Gasteiger partial charge in [-0.2, -0.15) is 0 Å². The van der Waals surface area contributed by atoms with E-state index in [9.17, 15) is 0 Å². The number of rotatable bonds is 3. The molecular weight excluding hydrogens is 443 g/mol. The number of halogens is 1. The highest BCUT2D eigenvalue weighted by Gasteiger charge is 2.23. The standard InChI is InChI=1S/C17H26N8.HI/c18-17(23-7-2-1-3-8-23)20-11-14-5-4-9-24(12-14)15-16-22-21-13-25(16)10-6-19-15;/h6,10,13-14H,1-5,7-9,11-12H2,(H2,18,20);1H. The minimum atomic E-state index is 0. The average Bonchev–Trinajstić information content (AvgIpc) is 3.16. The van der Waals surface area contributed by atoms with E-state index in [-0.39, 0.29) is 24.0 Å². The van der Waals surface area contributed by atoms with Crippen LogP contribution in [0.15, 0.2) is 23.7 Å². The Labute approximate surface area is 170 Å². The zero-order chi connectivity index (χ0) is 17.1. The Kier molecular flexibility index (Phi) is 6.49. The number of likely N-dealkylation sites (tertiary alicyclic amines) is 1. The zero-order valence-electron chi connectivity index (χ0n) is 15.0. The summed E-state index contributed by atoms with van der Waals surface area (Å²) < 4.78 is 1.92.